The molecule has 0 amide bonds. The first kappa shape index (κ1) is 24.7. The first-order chi connectivity index (χ1) is 16.5. The number of nitrogens with zero attached hydrogens (tertiary/aromatic N) is 2. The summed E-state index contributed by atoms with van der Waals surface area (Å²) >= 11 is 0. The van der Waals surface area contributed by atoms with E-state index in [-0.39, 0.29) is 32.3 Å². The Labute approximate surface area is 220 Å². The Hall–Kier alpha value is -3.42. The van der Waals surface area contributed by atoms with Crippen LogP contribution in [-0.4, -0.2) is 9.97 Å². The van der Waals surface area contributed by atoms with Gasteiger partial charge in [-0.3, -0.25) is 4.98 Å². The van der Waals surface area contributed by atoms with E-state index in [4.69, 9.17) is 4.98 Å². The van der Waals surface area contributed by atoms with Crippen LogP contribution in [0.2, 0.25) is 0 Å². The third kappa shape index (κ3) is 5.31. The molecule has 174 valence electrons. The number of rotatable bonds is 5. The molecule has 0 unspecified atom stereocenters. The molecule has 0 N–H and O–H groups in total. The zero-order valence-electron chi connectivity index (χ0n) is 19.4. The van der Waals surface area contributed by atoms with Crippen molar-refractivity contribution in [3.63, 3.8) is 0 Å². The minimum atomic E-state index is -0.303. The molecule has 0 aliphatic rings. The summed E-state index contributed by atoms with van der Waals surface area (Å²) in [5, 5.41) is 0. The maximum Gasteiger partial charge on any atom is 2.00 e. The predicted molar refractivity (Wildman–Crippen MR) is 135 cm³/mol. The zero-order chi connectivity index (χ0) is 23.5. The van der Waals surface area contributed by atoms with E-state index in [0.717, 1.165) is 28.1 Å². The van der Waals surface area contributed by atoms with Crippen LogP contribution in [0.5, 0.6) is 0 Å². The summed E-state index contributed by atoms with van der Waals surface area (Å²) in [5.74, 6) is -0.303. The fraction of sp³-hybridized carbons (Fsp3) is 0.0968. The van der Waals surface area contributed by atoms with Gasteiger partial charge in [-0.05, 0) is 29.1 Å². The first-order valence-electron chi connectivity index (χ1n) is 11.2. The van der Waals surface area contributed by atoms with Crippen molar-refractivity contribution in [2.45, 2.75) is 19.3 Å². The van der Waals surface area contributed by atoms with Crippen LogP contribution in [-0.2, 0) is 26.5 Å². The molecule has 4 heteroatoms. The van der Waals surface area contributed by atoms with Crippen molar-refractivity contribution in [1.82, 2.24) is 9.97 Å². The van der Waals surface area contributed by atoms with E-state index in [9.17, 15) is 4.39 Å². The van der Waals surface area contributed by atoms with Crippen LogP contribution in [0, 0.1) is 17.9 Å². The van der Waals surface area contributed by atoms with Gasteiger partial charge in [-0.2, -0.15) is 0 Å². The molecule has 0 saturated heterocycles. The Kier molecular flexibility index (Phi) is 7.38. The fourth-order valence-corrected chi connectivity index (χ4v) is 4.06. The van der Waals surface area contributed by atoms with Crippen LogP contribution in [0.3, 0.4) is 0 Å². The summed E-state index contributed by atoms with van der Waals surface area (Å²) in [6.07, 6.45) is 1.83. The Morgan fingerprint density at radius 3 is 2.26 bits per heavy atom. The van der Waals surface area contributed by atoms with Gasteiger partial charge in [0, 0.05) is 17.4 Å². The molecule has 0 radical (unpaired) electrons. The minimum Gasteiger partial charge on any atom is -0.335 e. The van der Waals surface area contributed by atoms with Crippen molar-refractivity contribution >= 4 is 0 Å². The average molecular weight is 638 g/mol. The molecule has 0 atom stereocenters. The second kappa shape index (κ2) is 10.5. The van der Waals surface area contributed by atoms with E-state index in [1.165, 1.54) is 17.7 Å². The normalized spacial score (nSPS) is 11.1. The summed E-state index contributed by atoms with van der Waals surface area (Å²) in [7, 11) is 0. The largest absolute Gasteiger partial charge is 2.00 e. The van der Waals surface area contributed by atoms with E-state index in [2.05, 4.69) is 67.4 Å². The third-order valence-corrected chi connectivity index (χ3v) is 6.06. The second-order valence-corrected chi connectivity index (χ2v) is 8.73. The summed E-state index contributed by atoms with van der Waals surface area (Å²) in [6, 6.07) is 37.3. The molecular formula is C31H23FN2Pt. The predicted octanol–water partition coefficient (Wildman–Crippen LogP) is 7.54. The molecule has 0 fully saturated rings. The van der Waals surface area contributed by atoms with Crippen LogP contribution >= 0.6 is 0 Å². The van der Waals surface area contributed by atoms with Crippen LogP contribution in [0.15, 0.2) is 103 Å². The molecule has 0 saturated carbocycles. The van der Waals surface area contributed by atoms with E-state index >= 15 is 0 Å². The fourth-order valence-electron chi connectivity index (χ4n) is 4.06. The first-order valence-corrected chi connectivity index (χ1v) is 11.2. The van der Waals surface area contributed by atoms with Crippen molar-refractivity contribution < 1.29 is 25.5 Å². The summed E-state index contributed by atoms with van der Waals surface area (Å²) in [4.78, 5) is 9.33. The van der Waals surface area contributed by atoms with Gasteiger partial charge in [-0.1, -0.05) is 73.5 Å². The molecule has 0 aliphatic carbocycles. The van der Waals surface area contributed by atoms with Gasteiger partial charge in [-0.15, -0.1) is 59.7 Å². The van der Waals surface area contributed by atoms with Gasteiger partial charge >= 0.3 is 21.1 Å². The number of pyridine rings is 2. The van der Waals surface area contributed by atoms with E-state index in [1.807, 2.05) is 48.7 Å². The summed E-state index contributed by atoms with van der Waals surface area (Å²) in [5.41, 5.74) is 7.01. The van der Waals surface area contributed by atoms with Crippen molar-refractivity contribution in [3.8, 4) is 33.6 Å². The molecule has 2 nitrogen and oxygen atoms in total. The van der Waals surface area contributed by atoms with Gasteiger partial charge in [0.1, 0.15) is 0 Å². The Morgan fingerprint density at radius 2 is 1.49 bits per heavy atom. The van der Waals surface area contributed by atoms with E-state index in [0.29, 0.717) is 11.3 Å². The monoisotopic (exact) mass is 637 g/mol. The van der Waals surface area contributed by atoms with Crippen molar-refractivity contribution in [2.24, 2.45) is 0 Å². The van der Waals surface area contributed by atoms with Crippen molar-refractivity contribution in [1.29, 1.82) is 0 Å². The molecular weight excluding hydrogens is 614 g/mol. The molecule has 3 aromatic carbocycles. The van der Waals surface area contributed by atoms with Crippen LogP contribution in [0.1, 0.15) is 25.1 Å². The molecule has 5 rings (SSSR count). The molecule has 2 heterocycles. The zero-order valence-corrected chi connectivity index (χ0v) is 21.7. The average Bonchev–Trinajstić information content (AvgIpc) is 2.89. The van der Waals surface area contributed by atoms with Gasteiger partial charge in [0.2, 0.25) is 0 Å². The molecule has 0 bridgehead atoms. The third-order valence-electron chi connectivity index (χ3n) is 6.06. The number of halogens is 1. The Balaban J connectivity index is 0.00000289. The van der Waals surface area contributed by atoms with Crippen LogP contribution in [0.25, 0.3) is 33.6 Å². The van der Waals surface area contributed by atoms with Crippen molar-refractivity contribution in [3.05, 3.63) is 132 Å². The van der Waals surface area contributed by atoms with E-state index in [1.54, 1.807) is 6.07 Å². The van der Waals surface area contributed by atoms with Gasteiger partial charge in [0.25, 0.3) is 0 Å². The number of hydrogen-bond acceptors (Lipinski definition) is 2. The van der Waals surface area contributed by atoms with Gasteiger partial charge < -0.3 is 4.98 Å². The Bertz CT molecular complexity index is 1450. The summed E-state index contributed by atoms with van der Waals surface area (Å²) < 4.78 is 13.7. The van der Waals surface area contributed by atoms with Gasteiger partial charge in [-0.25, -0.2) is 4.39 Å². The minimum absolute atomic E-state index is 0. The second-order valence-electron chi connectivity index (χ2n) is 8.73. The van der Waals surface area contributed by atoms with Crippen LogP contribution < -0.4 is 0 Å². The molecule has 35 heavy (non-hydrogen) atoms. The maximum absolute atomic E-state index is 13.7. The van der Waals surface area contributed by atoms with Crippen molar-refractivity contribution in [2.75, 3.05) is 0 Å². The molecule has 0 aliphatic heterocycles. The van der Waals surface area contributed by atoms with E-state index < -0.39 is 0 Å². The number of hydrogen-bond donors (Lipinski definition) is 0. The van der Waals surface area contributed by atoms with Crippen LogP contribution in [0.4, 0.5) is 4.39 Å². The number of benzene rings is 3. The maximum atomic E-state index is 13.7. The smallest absolute Gasteiger partial charge is 0.335 e. The van der Waals surface area contributed by atoms with Gasteiger partial charge in [0.15, 0.2) is 0 Å². The molecule has 5 aromatic rings. The molecule has 0 spiro atoms. The number of aromatic nitrogens is 2. The quantitative estimate of drug-likeness (QED) is 0.186. The Morgan fingerprint density at radius 1 is 0.743 bits per heavy atom. The van der Waals surface area contributed by atoms with Gasteiger partial charge in [0.05, 0.1) is 5.69 Å². The summed E-state index contributed by atoms with van der Waals surface area (Å²) in [6.45, 7) is 4.38. The topological polar surface area (TPSA) is 25.8 Å². The SMILES string of the molecule is CC(C)(c1cccc(-c2[c-]c(-c3cccc(-c4[c-]ccc(F)c4)n3)ccc2)c1)c1ccccn1.[Pt+2]. The molecule has 2 aromatic heterocycles. The standard InChI is InChI=1S/C31H23FN2.Pt/c1-31(2,30-17-3-4-18-33-30)26-13-6-10-23(20-26)22-9-5-11-24(19-22)28-15-8-16-29(34-28)25-12-7-14-27(32)21-25;/h3-11,13-18,20-21H,1-2H3;/q-2;+2.